The minimum atomic E-state index is -0.434. The lowest BCUT2D eigenvalue weighted by Crippen LogP contribution is -2.34. The first-order valence-corrected chi connectivity index (χ1v) is 20.1. The van der Waals surface area contributed by atoms with Crippen molar-refractivity contribution in [2.75, 3.05) is 0 Å². The van der Waals surface area contributed by atoms with Gasteiger partial charge in [-0.05, 0) is 107 Å². The van der Waals surface area contributed by atoms with Gasteiger partial charge < -0.3 is 37.9 Å². The zero-order valence-corrected chi connectivity index (χ0v) is 32.6. The van der Waals surface area contributed by atoms with Gasteiger partial charge in [-0.3, -0.25) is 19.2 Å². The summed E-state index contributed by atoms with van der Waals surface area (Å²) >= 11 is 0. The molecular formula is C40H64O12. The van der Waals surface area contributed by atoms with Gasteiger partial charge in [-0.15, -0.1) is 0 Å². The first-order valence-electron chi connectivity index (χ1n) is 20.1. The maximum Gasteiger partial charge on any atom is 0.311 e. The van der Waals surface area contributed by atoms with Crippen molar-refractivity contribution < 1.29 is 57.1 Å². The summed E-state index contributed by atoms with van der Waals surface area (Å²) < 4.78 is 48.4. The number of cyclic esters (lactones) is 4. The van der Waals surface area contributed by atoms with Gasteiger partial charge in [0.1, 0.15) is 24.4 Å². The highest BCUT2D eigenvalue weighted by atomic mass is 16.6. The van der Waals surface area contributed by atoms with Crippen LogP contribution in [0, 0.1) is 23.7 Å². The Balaban J connectivity index is 1.19. The summed E-state index contributed by atoms with van der Waals surface area (Å²) in [5.74, 6) is -2.93. The molecule has 5 aliphatic heterocycles. The van der Waals surface area contributed by atoms with E-state index in [1.54, 1.807) is 0 Å². The van der Waals surface area contributed by atoms with Crippen molar-refractivity contribution in [3.05, 3.63) is 0 Å². The van der Waals surface area contributed by atoms with Gasteiger partial charge in [0.15, 0.2) is 0 Å². The molecule has 12 heteroatoms. The highest BCUT2D eigenvalue weighted by molar-refractivity contribution is 5.74. The van der Waals surface area contributed by atoms with Gasteiger partial charge in [0.25, 0.3) is 0 Å². The summed E-state index contributed by atoms with van der Waals surface area (Å²) in [5, 5.41) is 0. The molecule has 0 saturated carbocycles. The molecule has 5 fully saturated rings. The van der Waals surface area contributed by atoms with E-state index in [2.05, 4.69) is 0 Å². The number of ether oxygens (including phenoxy) is 8. The number of hydrogen-bond acceptors (Lipinski definition) is 12. The molecule has 5 saturated heterocycles. The van der Waals surface area contributed by atoms with Gasteiger partial charge in [0.2, 0.25) is 0 Å². The molecule has 0 aromatic carbocycles. The second-order valence-corrected chi connectivity index (χ2v) is 16.6. The molecule has 0 aliphatic carbocycles. The summed E-state index contributed by atoms with van der Waals surface area (Å²) in [6.07, 6.45) is 5.22. The molecule has 5 aliphatic rings. The average Bonchev–Trinajstić information content (AvgIpc) is 3.91. The predicted octanol–water partition coefficient (Wildman–Crippen LogP) is 6.02. The fourth-order valence-electron chi connectivity index (χ4n) is 8.60. The maximum absolute atomic E-state index is 13.1. The van der Waals surface area contributed by atoms with Crippen LogP contribution in [-0.4, -0.2) is 97.1 Å². The topological polar surface area (TPSA) is 142 Å². The lowest BCUT2D eigenvalue weighted by Gasteiger charge is -2.26. The van der Waals surface area contributed by atoms with E-state index in [9.17, 15) is 19.2 Å². The first kappa shape index (κ1) is 40.9. The lowest BCUT2D eigenvalue weighted by atomic mass is 10.00. The molecule has 0 spiro atoms. The van der Waals surface area contributed by atoms with E-state index in [0.29, 0.717) is 25.7 Å². The molecule has 296 valence electrons. The Hall–Kier alpha value is -2.28. The maximum atomic E-state index is 13.1. The Morgan fingerprint density at radius 3 is 0.712 bits per heavy atom. The first-order chi connectivity index (χ1) is 24.7. The highest BCUT2D eigenvalue weighted by Crippen LogP contribution is 2.34. The minimum Gasteiger partial charge on any atom is -0.462 e. The van der Waals surface area contributed by atoms with Gasteiger partial charge >= 0.3 is 23.9 Å². The second-order valence-electron chi connectivity index (χ2n) is 16.6. The molecule has 5 heterocycles. The standard InChI is InChI=1S/C40H64O12/c1-21-17-29-9-13-34(49-29)26(6)38(42)46-23(3)19-31-11-15-36(51-31)28(8)40(44)48-24(4)20-32-12-16-35(52-32)27(7)39(43)47-22(2)18-30-10-14-33(50-30)25(5)37(41)45-21/h21-36H,9-20H2,1-8H3/t21-,22-,23-,24-,25+,26+,27+,28+,29-,30-,31-,32-,33+,34+,35+,36+/m0/s1. The second kappa shape index (κ2) is 18.4. The van der Waals surface area contributed by atoms with Crippen molar-refractivity contribution in [3.63, 3.8) is 0 Å². The smallest absolute Gasteiger partial charge is 0.311 e. The van der Waals surface area contributed by atoms with Gasteiger partial charge in [-0.1, -0.05) is 0 Å². The van der Waals surface area contributed by atoms with Crippen molar-refractivity contribution in [1.29, 1.82) is 0 Å². The van der Waals surface area contributed by atoms with Crippen LogP contribution in [0.4, 0.5) is 0 Å². The highest BCUT2D eigenvalue weighted by Gasteiger charge is 2.41. The number of esters is 4. The van der Waals surface area contributed by atoms with E-state index >= 15 is 0 Å². The average molecular weight is 737 g/mol. The fourth-order valence-corrected chi connectivity index (χ4v) is 8.60. The molecule has 8 bridgehead atoms. The van der Waals surface area contributed by atoms with Crippen LogP contribution in [0.5, 0.6) is 0 Å². The van der Waals surface area contributed by atoms with E-state index in [-0.39, 0.29) is 97.1 Å². The number of carbonyl (C=O) groups is 4. The molecule has 12 nitrogen and oxygen atoms in total. The van der Waals surface area contributed by atoms with Gasteiger partial charge in [-0.2, -0.15) is 0 Å². The Kier molecular flexibility index (Phi) is 14.4. The summed E-state index contributed by atoms with van der Waals surface area (Å²) in [7, 11) is 0. The van der Waals surface area contributed by atoms with Crippen LogP contribution < -0.4 is 0 Å². The van der Waals surface area contributed by atoms with Gasteiger partial charge in [0.05, 0.1) is 72.5 Å². The summed E-state index contributed by atoms with van der Waals surface area (Å²) in [6.45, 7) is 14.9. The molecule has 0 aromatic rings. The van der Waals surface area contributed by atoms with Crippen molar-refractivity contribution in [2.45, 2.75) is 206 Å². The monoisotopic (exact) mass is 736 g/mol. The van der Waals surface area contributed by atoms with Crippen molar-refractivity contribution >= 4 is 23.9 Å². The third-order valence-electron chi connectivity index (χ3n) is 11.9. The Bertz CT molecular complexity index is 1040. The SMILES string of the molecule is C[C@H]1C[C@@H]2CC[C@@H](O2)[C@@H](C)C(=O)O[C@@H](C)C[C@@H]2CC[C@@H](O2)[C@@H](C)C(=O)O[C@@H](C)C[C@@H]2CC[C@@H](O2)[C@@H](C)C(=O)O[C@@H](C)C[C@@H]2CC[C@@H](O2)[C@@H](C)C(=O)O1. The van der Waals surface area contributed by atoms with Crippen molar-refractivity contribution in [1.82, 2.24) is 0 Å². The molecule has 0 N–H and O–H groups in total. The summed E-state index contributed by atoms with van der Waals surface area (Å²) in [5.41, 5.74) is 0. The molecular weight excluding hydrogens is 672 g/mol. The number of fused-ring (bicyclic) bond motifs is 8. The number of rotatable bonds is 0. The van der Waals surface area contributed by atoms with E-state index in [1.807, 2.05) is 55.4 Å². The van der Waals surface area contributed by atoms with E-state index in [4.69, 9.17) is 37.9 Å². The lowest BCUT2D eigenvalue weighted by molar-refractivity contribution is -0.161. The van der Waals surface area contributed by atoms with Crippen LogP contribution in [0.15, 0.2) is 0 Å². The molecule has 0 radical (unpaired) electrons. The Morgan fingerprint density at radius 1 is 0.327 bits per heavy atom. The van der Waals surface area contributed by atoms with Gasteiger partial charge in [0, 0.05) is 25.7 Å². The molecule has 5 rings (SSSR count). The van der Waals surface area contributed by atoms with Gasteiger partial charge in [-0.25, -0.2) is 0 Å². The minimum absolute atomic E-state index is 0.119. The Labute approximate surface area is 309 Å². The van der Waals surface area contributed by atoms with Crippen molar-refractivity contribution in [2.24, 2.45) is 23.7 Å². The predicted molar refractivity (Wildman–Crippen MR) is 189 cm³/mol. The van der Waals surface area contributed by atoms with Crippen molar-refractivity contribution in [3.8, 4) is 0 Å². The summed E-state index contributed by atoms with van der Waals surface area (Å²) in [4.78, 5) is 52.4. The largest absolute Gasteiger partial charge is 0.462 e. The molecule has 16 atom stereocenters. The molecule has 0 unspecified atom stereocenters. The third-order valence-corrected chi connectivity index (χ3v) is 11.9. The normalized spacial score (nSPS) is 45.2. The zero-order chi connectivity index (χ0) is 37.7. The quantitative estimate of drug-likeness (QED) is 0.212. The Morgan fingerprint density at radius 2 is 0.519 bits per heavy atom. The van der Waals surface area contributed by atoms with Crippen LogP contribution in [0.2, 0.25) is 0 Å². The molecule has 0 aromatic heterocycles. The number of carbonyl (C=O) groups excluding carboxylic acids is 4. The molecule has 52 heavy (non-hydrogen) atoms. The van der Waals surface area contributed by atoms with E-state index in [1.165, 1.54) is 0 Å². The van der Waals surface area contributed by atoms with E-state index in [0.717, 1.165) is 51.4 Å². The number of hydrogen-bond donors (Lipinski definition) is 0. The van der Waals surface area contributed by atoms with Crippen LogP contribution >= 0.6 is 0 Å². The van der Waals surface area contributed by atoms with Crippen LogP contribution in [0.3, 0.4) is 0 Å². The van der Waals surface area contributed by atoms with Crippen LogP contribution in [0.25, 0.3) is 0 Å². The van der Waals surface area contributed by atoms with Crippen LogP contribution in [0.1, 0.15) is 132 Å². The summed E-state index contributed by atoms with van der Waals surface area (Å²) in [6, 6.07) is 0. The fraction of sp³-hybridized carbons (Fsp3) is 0.900. The van der Waals surface area contributed by atoms with Crippen LogP contribution in [-0.2, 0) is 57.1 Å². The van der Waals surface area contributed by atoms with E-state index < -0.39 is 23.7 Å². The molecule has 0 amide bonds. The third kappa shape index (κ3) is 10.9. The zero-order valence-electron chi connectivity index (χ0n) is 32.6.